The highest BCUT2D eigenvalue weighted by atomic mass is 16.5. The number of cyclic esters (lactones) is 1. The van der Waals surface area contributed by atoms with Crippen molar-refractivity contribution in [1.82, 2.24) is 0 Å². The van der Waals surface area contributed by atoms with Gasteiger partial charge in [0.05, 0.1) is 17.9 Å². The minimum atomic E-state index is -0.606. The second-order valence-electron chi connectivity index (χ2n) is 10.3. The first-order valence-corrected chi connectivity index (χ1v) is 11.6. The summed E-state index contributed by atoms with van der Waals surface area (Å²) >= 11 is 0. The number of aliphatic hydroxyl groups is 1. The molecule has 1 aliphatic heterocycles. The van der Waals surface area contributed by atoms with Crippen molar-refractivity contribution in [2.24, 2.45) is 22.7 Å². The lowest BCUT2D eigenvalue weighted by Crippen LogP contribution is -2.42. The first kappa shape index (κ1) is 23.1. The molecule has 0 amide bonds. The van der Waals surface area contributed by atoms with Crippen LogP contribution < -0.4 is 0 Å². The van der Waals surface area contributed by atoms with Crippen LogP contribution in [0.2, 0.25) is 0 Å². The predicted octanol–water partition coefficient (Wildman–Crippen LogP) is 5.08. The van der Waals surface area contributed by atoms with Crippen molar-refractivity contribution in [3.8, 4) is 0 Å². The van der Waals surface area contributed by atoms with E-state index in [9.17, 15) is 14.7 Å². The van der Waals surface area contributed by atoms with E-state index in [1.54, 1.807) is 0 Å². The van der Waals surface area contributed by atoms with Gasteiger partial charge in [0.25, 0.3) is 0 Å². The third kappa shape index (κ3) is 4.66. The molecule has 1 heterocycles. The molecule has 3 aliphatic rings. The van der Waals surface area contributed by atoms with E-state index >= 15 is 0 Å². The maximum absolute atomic E-state index is 12.8. The minimum Gasteiger partial charge on any atom is -0.462 e. The summed E-state index contributed by atoms with van der Waals surface area (Å²) in [6.45, 7) is 10.3. The zero-order chi connectivity index (χ0) is 22.1. The first-order chi connectivity index (χ1) is 14.1. The molecule has 5 nitrogen and oxygen atoms in total. The topological polar surface area (TPSA) is 72.8 Å². The Kier molecular flexibility index (Phi) is 6.81. The standard InChI is InChI=1S/C25H38O5/c1-6-24(3,4)23(28)30-21-13-17-9-7-8-10-20(17)25(5,16(21)2)12-11-19-14-18(26)15-22(27)29-19/h9,13,16,18-20,26H,6-8,10-12,14-15H2,1-5H3/t16-,18+,19+,20?,25+/m0/s1. The molecule has 1 unspecified atom stereocenters. The fourth-order valence-corrected chi connectivity index (χ4v) is 5.09. The summed E-state index contributed by atoms with van der Waals surface area (Å²) in [4.78, 5) is 24.5. The zero-order valence-corrected chi connectivity index (χ0v) is 19.2. The largest absolute Gasteiger partial charge is 0.462 e. The van der Waals surface area contributed by atoms with Crippen molar-refractivity contribution >= 4 is 11.9 Å². The highest BCUT2D eigenvalue weighted by molar-refractivity contribution is 5.77. The van der Waals surface area contributed by atoms with Crippen LogP contribution >= 0.6 is 0 Å². The minimum absolute atomic E-state index is 0.0820. The smallest absolute Gasteiger partial charge is 0.316 e. The Morgan fingerprint density at radius 2 is 2.13 bits per heavy atom. The lowest BCUT2D eigenvalue weighted by atomic mass is 9.57. The zero-order valence-electron chi connectivity index (χ0n) is 19.2. The summed E-state index contributed by atoms with van der Waals surface area (Å²) in [5, 5.41) is 9.95. The van der Waals surface area contributed by atoms with Crippen LogP contribution in [0.25, 0.3) is 0 Å². The number of fused-ring (bicyclic) bond motifs is 1. The Balaban J connectivity index is 1.81. The van der Waals surface area contributed by atoms with Crippen molar-refractivity contribution in [3.63, 3.8) is 0 Å². The second kappa shape index (κ2) is 8.86. The monoisotopic (exact) mass is 418 g/mol. The van der Waals surface area contributed by atoms with Gasteiger partial charge in [0, 0.05) is 12.3 Å². The van der Waals surface area contributed by atoms with Gasteiger partial charge >= 0.3 is 11.9 Å². The molecule has 168 valence electrons. The quantitative estimate of drug-likeness (QED) is 0.609. The van der Waals surface area contributed by atoms with Crippen molar-refractivity contribution in [2.45, 2.75) is 98.2 Å². The normalized spacial score (nSPS) is 34.4. The number of ether oxygens (including phenoxy) is 2. The molecule has 1 fully saturated rings. The van der Waals surface area contributed by atoms with Gasteiger partial charge in [0.1, 0.15) is 11.9 Å². The molecule has 0 aromatic rings. The molecule has 0 radical (unpaired) electrons. The molecule has 5 atom stereocenters. The maximum atomic E-state index is 12.8. The number of esters is 2. The van der Waals surface area contributed by atoms with Crippen LogP contribution in [0.4, 0.5) is 0 Å². The van der Waals surface area contributed by atoms with Crippen molar-refractivity contribution < 1.29 is 24.2 Å². The molecule has 0 aromatic heterocycles. The molecule has 0 saturated carbocycles. The van der Waals surface area contributed by atoms with Gasteiger partial charge in [-0.1, -0.05) is 26.8 Å². The summed E-state index contributed by atoms with van der Waals surface area (Å²) < 4.78 is 11.5. The SMILES string of the molecule is CCC(C)(C)C(=O)OC1=CC2=CCCCC2[C@](C)(CC[C@@H]2C[C@@H](O)CC(=O)O2)[C@H]1C. The number of carbonyl (C=O) groups is 2. The molecule has 0 bridgehead atoms. The van der Waals surface area contributed by atoms with Crippen molar-refractivity contribution in [2.75, 3.05) is 0 Å². The Morgan fingerprint density at radius 1 is 1.40 bits per heavy atom. The molecule has 2 aliphatic carbocycles. The van der Waals surface area contributed by atoms with Crippen molar-refractivity contribution in [1.29, 1.82) is 0 Å². The summed E-state index contributed by atoms with van der Waals surface area (Å²) in [6, 6.07) is 0. The van der Waals surface area contributed by atoms with Crippen LogP contribution in [0.1, 0.15) is 86.0 Å². The van der Waals surface area contributed by atoms with Gasteiger partial charge in [0.2, 0.25) is 0 Å². The summed E-state index contributed by atoms with van der Waals surface area (Å²) in [5.41, 5.74) is 0.669. The van der Waals surface area contributed by atoms with Gasteiger partial charge < -0.3 is 14.6 Å². The highest BCUT2D eigenvalue weighted by Gasteiger charge is 2.47. The number of hydrogen-bond acceptors (Lipinski definition) is 5. The maximum Gasteiger partial charge on any atom is 0.316 e. The molecule has 30 heavy (non-hydrogen) atoms. The predicted molar refractivity (Wildman–Crippen MR) is 115 cm³/mol. The van der Waals surface area contributed by atoms with E-state index in [0.717, 1.165) is 37.9 Å². The number of rotatable bonds is 6. The Labute approximate surface area is 180 Å². The molecular weight excluding hydrogens is 380 g/mol. The molecular formula is C25H38O5. The number of hydrogen-bond donors (Lipinski definition) is 1. The average Bonchev–Trinajstić information content (AvgIpc) is 2.70. The molecule has 3 rings (SSSR count). The van der Waals surface area contributed by atoms with Gasteiger partial charge in [-0.2, -0.15) is 0 Å². The lowest BCUT2D eigenvalue weighted by molar-refractivity contribution is -0.161. The third-order valence-electron chi connectivity index (χ3n) is 7.89. The molecule has 1 saturated heterocycles. The van der Waals surface area contributed by atoms with E-state index in [1.807, 2.05) is 20.8 Å². The van der Waals surface area contributed by atoms with Gasteiger partial charge in [-0.05, 0) is 75.4 Å². The average molecular weight is 419 g/mol. The van der Waals surface area contributed by atoms with Crippen LogP contribution in [-0.2, 0) is 19.1 Å². The number of allylic oxidation sites excluding steroid dienone is 4. The van der Waals surface area contributed by atoms with Crippen LogP contribution in [0.3, 0.4) is 0 Å². The third-order valence-corrected chi connectivity index (χ3v) is 7.89. The summed E-state index contributed by atoms with van der Waals surface area (Å²) in [7, 11) is 0. The number of carbonyl (C=O) groups excluding carboxylic acids is 2. The molecule has 0 aromatic carbocycles. The Hall–Kier alpha value is -1.62. The van der Waals surface area contributed by atoms with Crippen LogP contribution in [0.5, 0.6) is 0 Å². The molecule has 0 spiro atoms. The van der Waals surface area contributed by atoms with Gasteiger partial charge in [0.15, 0.2) is 0 Å². The highest BCUT2D eigenvalue weighted by Crippen LogP contribution is 2.54. The number of aliphatic hydroxyl groups excluding tert-OH is 1. The second-order valence-corrected chi connectivity index (χ2v) is 10.3. The van der Waals surface area contributed by atoms with E-state index in [0.29, 0.717) is 12.3 Å². The van der Waals surface area contributed by atoms with Crippen molar-refractivity contribution in [3.05, 3.63) is 23.5 Å². The van der Waals surface area contributed by atoms with Gasteiger partial charge in [-0.3, -0.25) is 9.59 Å². The van der Waals surface area contributed by atoms with Crippen LogP contribution in [0.15, 0.2) is 23.5 Å². The fourth-order valence-electron chi connectivity index (χ4n) is 5.09. The Morgan fingerprint density at radius 3 is 2.80 bits per heavy atom. The van der Waals surface area contributed by atoms with E-state index < -0.39 is 11.5 Å². The van der Waals surface area contributed by atoms with Gasteiger partial charge in [-0.15, -0.1) is 0 Å². The van der Waals surface area contributed by atoms with Crippen LogP contribution in [0, 0.1) is 22.7 Å². The molecule has 1 N–H and O–H groups in total. The van der Waals surface area contributed by atoms with E-state index in [-0.39, 0.29) is 35.8 Å². The molecule has 5 heteroatoms. The first-order valence-electron chi connectivity index (χ1n) is 11.6. The van der Waals surface area contributed by atoms with Gasteiger partial charge in [-0.25, -0.2) is 0 Å². The lowest BCUT2D eigenvalue weighted by Gasteiger charge is -2.49. The van der Waals surface area contributed by atoms with E-state index in [2.05, 4.69) is 26.0 Å². The summed E-state index contributed by atoms with van der Waals surface area (Å²) in [6.07, 6.45) is 9.79. The van der Waals surface area contributed by atoms with Crippen LogP contribution in [-0.4, -0.2) is 29.3 Å². The van der Waals surface area contributed by atoms with E-state index in [1.165, 1.54) is 12.0 Å². The Bertz CT molecular complexity index is 734. The fraction of sp³-hybridized carbons (Fsp3) is 0.760. The summed E-state index contributed by atoms with van der Waals surface area (Å²) in [5.74, 6) is 0.763. The van der Waals surface area contributed by atoms with E-state index in [4.69, 9.17) is 9.47 Å².